The van der Waals surface area contributed by atoms with Crippen molar-refractivity contribution in [2.45, 2.75) is 26.7 Å². The van der Waals surface area contributed by atoms with Crippen molar-refractivity contribution in [3.8, 4) is 0 Å². The van der Waals surface area contributed by atoms with Crippen molar-refractivity contribution in [1.29, 1.82) is 0 Å². The lowest BCUT2D eigenvalue weighted by atomic mass is 9.98. The minimum atomic E-state index is 0.622. The van der Waals surface area contributed by atoms with Gasteiger partial charge in [0.25, 0.3) is 0 Å². The van der Waals surface area contributed by atoms with Gasteiger partial charge in [0.15, 0.2) is 0 Å². The van der Waals surface area contributed by atoms with E-state index < -0.39 is 0 Å². The molecule has 0 radical (unpaired) electrons. The van der Waals surface area contributed by atoms with Crippen molar-refractivity contribution in [2.24, 2.45) is 11.7 Å². The molecule has 0 fully saturated rings. The van der Waals surface area contributed by atoms with Crippen LogP contribution in [0.15, 0.2) is 11.6 Å². The maximum Gasteiger partial charge on any atom is 0.0467 e. The third kappa shape index (κ3) is 5.33. The molecule has 0 heterocycles. The van der Waals surface area contributed by atoms with Crippen LogP contribution in [0.2, 0.25) is 0 Å². The Morgan fingerprint density at radius 3 is 2.75 bits per heavy atom. The first kappa shape index (κ1) is 11.7. The van der Waals surface area contributed by atoms with Crippen LogP contribution in [0.25, 0.3) is 0 Å². The number of rotatable bonds is 6. The average molecular weight is 171 g/mol. The maximum atomic E-state index is 5.41. The SMILES string of the molecule is COCCC(C)C(C)=CCCN. The highest BCUT2D eigenvalue weighted by Gasteiger charge is 2.02. The van der Waals surface area contributed by atoms with Crippen LogP contribution in [0, 0.1) is 5.92 Å². The summed E-state index contributed by atoms with van der Waals surface area (Å²) in [5, 5.41) is 0. The Hall–Kier alpha value is -0.340. The molecule has 0 bridgehead atoms. The zero-order chi connectivity index (χ0) is 9.40. The number of nitrogens with two attached hydrogens (primary N) is 1. The Balaban J connectivity index is 3.66. The molecule has 0 saturated heterocycles. The van der Waals surface area contributed by atoms with Gasteiger partial charge in [0, 0.05) is 13.7 Å². The summed E-state index contributed by atoms with van der Waals surface area (Å²) in [6.07, 6.45) is 4.31. The van der Waals surface area contributed by atoms with Gasteiger partial charge in [-0.25, -0.2) is 0 Å². The molecule has 2 heteroatoms. The molecule has 0 aliphatic rings. The van der Waals surface area contributed by atoms with E-state index in [1.165, 1.54) is 5.57 Å². The number of allylic oxidation sites excluding steroid dienone is 1. The first-order chi connectivity index (χ1) is 5.72. The van der Waals surface area contributed by atoms with Crippen molar-refractivity contribution in [3.05, 3.63) is 11.6 Å². The Morgan fingerprint density at radius 2 is 2.25 bits per heavy atom. The third-order valence-corrected chi connectivity index (χ3v) is 2.17. The molecular formula is C10H21NO. The van der Waals surface area contributed by atoms with Gasteiger partial charge in [0.05, 0.1) is 0 Å². The molecule has 72 valence electrons. The van der Waals surface area contributed by atoms with Crippen LogP contribution in [-0.2, 0) is 4.74 Å². The molecule has 1 atom stereocenters. The zero-order valence-corrected chi connectivity index (χ0v) is 8.47. The standard InChI is InChI=1S/C10H21NO/c1-9(5-4-7-11)10(2)6-8-12-3/h5,10H,4,6-8,11H2,1-3H3. The zero-order valence-electron chi connectivity index (χ0n) is 8.47. The molecule has 0 amide bonds. The molecule has 0 spiro atoms. The second-order valence-electron chi connectivity index (χ2n) is 3.21. The minimum Gasteiger partial charge on any atom is -0.385 e. The van der Waals surface area contributed by atoms with Crippen LogP contribution in [0.5, 0.6) is 0 Å². The summed E-state index contributed by atoms with van der Waals surface area (Å²) in [4.78, 5) is 0. The summed E-state index contributed by atoms with van der Waals surface area (Å²) in [5.74, 6) is 0.622. The average Bonchev–Trinajstić information content (AvgIpc) is 2.10. The van der Waals surface area contributed by atoms with Gasteiger partial charge in [-0.3, -0.25) is 0 Å². The molecule has 0 saturated carbocycles. The van der Waals surface area contributed by atoms with Crippen LogP contribution in [0.4, 0.5) is 0 Å². The fraction of sp³-hybridized carbons (Fsp3) is 0.800. The minimum absolute atomic E-state index is 0.622. The summed E-state index contributed by atoms with van der Waals surface area (Å²) in [6.45, 7) is 5.97. The number of methoxy groups -OCH3 is 1. The lowest BCUT2D eigenvalue weighted by Crippen LogP contribution is -2.03. The van der Waals surface area contributed by atoms with E-state index in [1.807, 2.05) is 0 Å². The summed E-state index contributed by atoms with van der Waals surface area (Å²) >= 11 is 0. The fourth-order valence-corrected chi connectivity index (χ4v) is 1.03. The number of hydrogen-bond acceptors (Lipinski definition) is 2. The number of hydrogen-bond donors (Lipinski definition) is 1. The molecule has 2 nitrogen and oxygen atoms in total. The van der Waals surface area contributed by atoms with Gasteiger partial charge >= 0.3 is 0 Å². The smallest absolute Gasteiger partial charge is 0.0467 e. The Kier molecular flexibility index (Phi) is 7.11. The summed E-state index contributed by atoms with van der Waals surface area (Å²) in [7, 11) is 1.74. The van der Waals surface area contributed by atoms with E-state index in [0.717, 1.165) is 26.0 Å². The van der Waals surface area contributed by atoms with Crippen molar-refractivity contribution in [2.75, 3.05) is 20.3 Å². The van der Waals surface area contributed by atoms with Crippen LogP contribution in [-0.4, -0.2) is 20.3 Å². The highest BCUT2D eigenvalue weighted by Crippen LogP contribution is 2.13. The molecule has 2 N–H and O–H groups in total. The molecule has 0 aromatic heterocycles. The lowest BCUT2D eigenvalue weighted by molar-refractivity contribution is 0.185. The van der Waals surface area contributed by atoms with Gasteiger partial charge < -0.3 is 10.5 Å². The first-order valence-corrected chi connectivity index (χ1v) is 4.58. The second-order valence-corrected chi connectivity index (χ2v) is 3.21. The normalized spacial score (nSPS) is 14.8. The van der Waals surface area contributed by atoms with Gasteiger partial charge in [0.1, 0.15) is 0 Å². The monoisotopic (exact) mass is 171 g/mol. The lowest BCUT2D eigenvalue weighted by Gasteiger charge is -2.11. The van der Waals surface area contributed by atoms with Gasteiger partial charge in [-0.15, -0.1) is 0 Å². The van der Waals surface area contributed by atoms with Gasteiger partial charge in [0.2, 0.25) is 0 Å². The van der Waals surface area contributed by atoms with E-state index in [2.05, 4.69) is 19.9 Å². The maximum absolute atomic E-state index is 5.41. The highest BCUT2D eigenvalue weighted by molar-refractivity contribution is 5.01. The predicted molar refractivity (Wildman–Crippen MR) is 53.1 cm³/mol. The topological polar surface area (TPSA) is 35.2 Å². The highest BCUT2D eigenvalue weighted by atomic mass is 16.5. The van der Waals surface area contributed by atoms with E-state index in [-0.39, 0.29) is 0 Å². The largest absolute Gasteiger partial charge is 0.385 e. The molecule has 0 aromatic rings. The molecule has 0 rings (SSSR count). The fourth-order valence-electron chi connectivity index (χ4n) is 1.03. The van der Waals surface area contributed by atoms with Gasteiger partial charge in [-0.1, -0.05) is 18.6 Å². The number of ether oxygens (including phenoxy) is 1. The van der Waals surface area contributed by atoms with Crippen LogP contribution < -0.4 is 5.73 Å². The van der Waals surface area contributed by atoms with Crippen molar-refractivity contribution < 1.29 is 4.74 Å². The van der Waals surface area contributed by atoms with E-state index in [1.54, 1.807) is 7.11 Å². The van der Waals surface area contributed by atoms with E-state index in [9.17, 15) is 0 Å². The van der Waals surface area contributed by atoms with Crippen molar-refractivity contribution in [1.82, 2.24) is 0 Å². The summed E-state index contributed by atoms with van der Waals surface area (Å²) in [5.41, 5.74) is 6.84. The van der Waals surface area contributed by atoms with E-state index in [4.69, 9.17) is 10.5 Å². The Bertz CT molecular complexity index is 132. The van der Waals surface area contributed by atoms with Crippen molar-refractivity contribution >= 4 is 0 Å². The van der Waals surface area contributed by atoms with Crippen molar-refractivity contribution in [3.63, 3.8) is 0 Å². The first-order valence-electron chi connectivity index (χ1n) is 4.58. The quantitative estimate of drug-likeness (QED) is 0.620. The summed E-state index contributed by atoms with van der Waals surface area (Å²) in [6, 6.07) is 0. The predicted octanol–water partition coefficient (Wildman–Crippen LogP) is 1.95. The van der Waals surface area contributed by atoms with Gasteiger partial charge in [-0.05, 0) is 32.2 Å². The Labute approximate surface area is 75.8 Å². The molecular weight excluding hydrogens is 150 g/mol. The van der Waals surface area contributed by atoms with Crippen LogP contribution in [0.1, 0.15) is 26.7 Å². The van der Waals surface area contributed by atoms with Crippen LogP contribution >= 0.6 is 0 Å². The molecule has 12 heavy (non-hydrogen) atoms. The summed E-state index contributed by atoms with van der Waals surface area (Å²) < 4.78 is 5.02. The Morgan fingerprint density at radius 1 is 1.58 bits per heavy atom. The second kappa shape index (κ2) is 7.32. The van der Waals surface area contributed by atoms with Crippen LogP contribution in [0.3, 0.4) is 0 Å². The third-order valence-electron chi connectivity index (χ3n) is 2.17. The van der Waals surface area contributed by atoms with E-state index in [0.29, 0.717) is 5.92 Å². The molecule has 1 unspecified atom stereocenters. The van der Waals surface area contributed by atoms with Gasteiger partial charge in [-0.2, -0.15) is 0 Å². The molecule has 0 aliphatic carbocycles. The molecule has 0 aromatic carbocycles. The van der Waals surface area contributed by atoms with E-state index >= 15 is 0 Å². The molecule has 0 aliphatic heterocycles.